The Morgan fingerprint density at radius 1 is 1.37 bits per heavy atom. The van der Waals surface area contributed by atoms with E-state index >= 15 is 0 Å². The molecular weight excluding hydrogens is 281 g/mol. The number of carboxylic acid groups (broad SMARTS) is 1. The summed E-state index contributed by atoms with van der Waals surface area (Å²) in [5.41, 5.74) is -1.20. The maximum Gasteiger partial charge on any atom is 0.529 e. The molecule has 0 radical (unpaired) electrons. The van der Waals surface area contributed by atoms with E-state index in [9.17, 15) is 19.5 Å². The molecule has 0 aliphatic carbocycles. The number of nitrogens with zero attached hydrogens (tertiary/aromatic N) is 1. The smallest absolute Gasteiger partial charge is 0.477 e. The Bertz CT molecular complexity index is 549. The van der Waals surface area contributed by atoms with Crippen molar-refractivity contribution < 1.29 is 33.0 Å². The van der Waals surface area contributed by atoms with Crippen molar-refractivity contribution in [1.82, 2.24) is 0 Å². The van der Waals surface area contributed by atoms with Gasteiger partial charge in [0, 0.05) is 26.4 Å². The molecule has 104 valence electrons. The van der Waals surface area contributed by atoms with Crippen LogP contribution in [0.25, 0.3) is 0 Å². The summed E-state index contributed by atoms with van der Waals surface area (Å²) >= 11 is 0. The van der Waals surface area contributed by atoms with E-state index in [0.29, 0.717) is 0 Å². The molecule has 0 aliphatic rings. The van der Waals surface area contributed by atoms with Crippen LogP contribution in [0.4, 0.5) is 5.69 Å². The van der Waals surface area contributed by atoms with Gasteiger partial charge in [0.25, 0.3) is 5.69 Å². The van der Waals surface area contributed by atoms with Crippen molar-refractivity contribution in [1.29, 1.82) is 0 Å². The second kappa shape index (κ2) is 5.79. The standard InChI is InChI=1S/C9H10NO8P/c1-16-19(15,17-2)18-6-3-4-8(10(13)14)7(5-6)9(11)12/h3-5H,1-2H3,(H,11,12). The zero-order chi connectivity index (χ0) is 14.6. The van der Waals surface area contributed by atoms with Gasteiger partial charge in [0.1, 0.15) is 11.3 Å². The van der Waals surface area contributed by atoms with Gasteiger partial charge in [-0.25, -0.2) is 9.36 Å². The number of nitro groups is 1. The molecule has 1 aromatic rings. The summed E-state index contributed by atoms with van der Waals surface area (Å²) < 4.78 is 25.5. The lowest BCUT2D eigenvalue weighted by molar-refractivity contribution is -0.385. The highest BCUT2D eigenvalue weighted by molar-refractivity contribution is 7.48. The minimum absolute atomic E-state index is 0.185. The predicted octanol–water partition coefficient (Wildman–Crippen LogP) is 2.07. The van der Waals surface area contributed by atoms with Crippen molar-refractivity contribution in [3.63, 3.8) is 0 Å². The average molecular weight is 291 g/mol. The van der Waals surface area contributed by atoms with Gasteiger partial charge in [-0.3, -0.25) is 19.2 Å². The fourth-order valence-corrected chi connectivity index (χ4v) is 1.85. The number of carboxylic acids is 1. The molecule has 10 heteroatoms. The fraction of sp³-hybridized carbons (Fsp3) is 0.222. The Morgan fingerprint density at radius 2 is 1.95 bits per heavy atom. The van der Waals surface area contributed by atoms with Crippen LogP contribution >= 0.6 is 7.82 Å². The highest BCUT2D eigenvalue weighted by atomic mass is 31.2. The number of nitro benzene ring substituents is 1. The van der Waals surface area contributed by atoms with Gasteiger partial charge in [-0.05, 0) is 6.07 Å². The lowest BCUT2D eigenvalue weighted by Gasteiger charge is -2.14. The molecule has 9 nitrogen and oxygen atoms in total. The average Bonchev–Trinajstić information content (AvgIpc) is 2.38. The largest absolute Gasteiger partial charge is 0.529 e. The lowest BCUT2D eigenvalue weighted by atomic mass is 10.2. The number of rotatable bonds is 6. The van der Waals surface area contributed by atoms with Gasteiger partial charge in [-0.1, -0.05) is 0 Å². The first-order chi connectivity index (χ1) is 8.83. The molecule has 1 rings (SSSR count). The molecule has 0 fully saturated rings. The number of phosphoric ester groups is 1. The van der Waals surface area contributed by atoms with Crippen molar-refractivity contribution in [3.8, 4) is 5.75 Å². The Balaban J connectivity index is 3.20. The van der Waals surface area contributed by atoms with Gasteiger partial charge >= 0.3 is 13.8 Å². The summed E-state index contributed by atoms with van der Waals surface area (Å²) in [7, 11) is -1.70. The first-order valence-electron chi connectivity index (χ1n) is 4.76. The normalized spacial score (nSPS) is 11.1. The van der Waals surface area contributed by atoms with Crippen molar-refractivity contribution in [2.24, 2.45) is 0 Å². The van der Waals surface area contributed by atoms with E-state index in [0.717, 1.165) is 32.4 Å². The van der Waals surface area contributed by atoms with Crippen LogP contribution in [0.2, 0.25) is 0 Å². The van der Waals surface area contributed by atoms with E-state index in [1.807, 2.05) is 0 Å². The molecule has 0 aromatic heterocycles. The molecule has 0 bridgehead atoms. The van der Waals surface area contributed by atoms with E-state index in [1.54, 1.807) is 0 Å². The van der Waals surface area contributed by atoms with Crippen molar-refractivity contribution >= 4 is 19.5 Å². The van der Waals surface area contributed by atoms with Crippen LogP contribution in [0.3, 0.4) is 0 Å². The predicted molar refractivity (Wildman–Crippen MR) is 62.3 cm³/mol. The molecule has 0 atom stereocenters. The highest BCUT2D eigenvalue weighted by Gasteiger charge is 2.27. The summed E-state index contributed by atoms with van der Waals surface area (Å²) in [6, 6.07) is 2.88. The van der Waals surface area contributed by atoms with E-state index in [1.165, 1.54) is 0 Å². The first kappa shape index (κ1) is 15.1. The SMILES string of the molecule is COP(=O)(OC)Oc1ccc([N+](=O)[O-])c(C(=O)O)c1. The van der Waals surface area contributed by atoms with Crippen LogP contribution in [0.5, 0.6) is 5.75 Å². The highest BCUT2D eigenvalue weighted by Crippen LogP contribution is 2.48. The monoisotopic (exact) mass is 291 g/mol. The zero-order valence-corrected chi connectivity index (χ0v) is 10.8. The Labute approximate surface area is 107 Å². The number of carbonyl (C=O) groups is 1. The minimum atomic E-state index is -3.85. The van der Waals surface area contributed by atoms with Gasteiger partial charge in [-0.2, -0.15) is 0 Å². The molecule has 19 heavy (non-hydrogen) atoms. The van der Waals surface area contributed by atoms with Crippen molar-refractivity contribution in [2.75, 3.05) is 14.2 Å². The van der Waals surface area contributed by atoms with Gasteiger partial charge in [0.05, 0.1) is 4.92 Å². The van der Waals surface area contributed by atoms with Crippen LogP contribution in [0, 0.1) is 10.1 Å². The maximum atomic E-state index is 11.7. The number of benzene rings is 1. The third kappa shape index (κ3) is 3.50. The molecule has 1 aromatic carbocycles. The second-order valence-electron chi connectivity index (χ2n) is 3.14. The van der Waals surface area contributed by atoms with Crippen LogP contribution in [0.1, 0.15) is 10.4 Å². The van der Waals surface area contributed by atoms with Gasteiger partial charge in [0.2, 0.25) is 0 Å². The molecule has 0 spiro atoms. The molecule has 0 unspecified atom stereocenters. The van der Waals surface area contributed by atoms with Crippen LogP contribution in [-0.2, 0) is 13.6 Å². The summed E-state index contributed by atoms with van der Waals surface area (Å²) in [4.78, 5) is 20.7. The van der Waals surface area contributed by atoms with E-state index < -0.39 is 30.0 Å². The van der Waals surface area contributed by atoms with Crippen LogP contribution < -0.4 is 4.52 Å². The fourth-order valence-electron chi connectivity index (χ4n) is 1.18. The molecule has 1 N–H and O–H groups in total. The third-order valence-electron chi connectivity index (χ3n) is 2.06. The molecule has 0 saturated carbocycles. The quantitative estimate of drug-likeness (QED) is 0.479. The van der Waals surface area contributed by atoms with Crippen molar-refractivity contribution in [2.45, 2.75) is 0 Å². The van der Waals surface area contributed by atoms with Crippen LogP contribution in [0.15, 0.2) is 18.2 Å². The summed E-state index contributed by atoms with van der Waals surface area (Å²) in [5, 5.41) is 19.5. The zero-order valence-electron chi connectivity index (χ0n) is 9.93. The third-order valence-corrected chi connectivity index (χ3v) is 3.39. The molecule has 0 aliphatic heterocycles. The van der Waals surface area contributed by atoms with Crippen molar-refractivity contribution in [3.05, 3.63) is 33.9 Å². The number of phosphoric acid groups is 1. The Hall–Kier alpha value is -1.96. The number of aromatic carboxylic acids is 1. The second-order valence-corrected chi connectivity index (χ2v) is 4.95. The van der Waals surface area contributed by atoms with Crippen LogP contribution in [-0.4, -0.2) is 30.2 Å². The molecule has 0 amide bonds. The first-order valence-corrected chi connectivity index (χ1v) is 6.22. The summed E-state index contributed by atoms with van der Waals surface area (Å²) in [5.74, 6) is -1.70. The molecule has 0 heterocycles. The summed E-state index contributed by atoms with van der Waals surface area (Å²) in [6.07, 6.45) is 0. The van der Waals surface area contributed by atoms with E-state index in [4.69, 9.17) is 9.63 Å². The minimum Gasteiger partial charge on any atom is -0.477 e. The summed E-state index contributed by atoms with van der Waals surface area (Å²) in [6.45, 7) is 0. The molecular formula is C9H10NO8P. The van der Waals surface area contributed by atoms with Gasteiger partial charge in [-0.15, -0.1) is 0 Å². The number of hydrogen-bond donors (Lipinski definition) is 1. The van der Waals surface area contributed by atoms with Gasteiger partial charge < -0.3 is 9.63 Å². The molecule has 0 saturated heterocycles. The maximum absolute atomic E-state index is 11.7. The lowest BCUT2D eigenvalue weighted by Crippen LogP contribution is -2.04. The van der Waals surface area contributed by atoms with E-state index in [-0.39, 0.29) is 5.75 Å². The Kier molecular flexibility index (Phi) is 4.60. The number of hydrogen-bond acceptors (Lipinski definition) is 7. The Morgan fingerprint density at radius 3 is 2.37 bits per heavy atom. The van der Waals surface area contributed by atoms with Gasteiger partial charge in [0.15, 0.2) is 0 Å². The van der Waals surface area contributed by atoms with E-state index in [2.05, 4.69) is 9.05 Å². The topological polar surface area (TPSA) is 125 Å².